The maximum Gasteiger partial charge on any atom is 0.230 e. The first-order valence-corrected chi connectivity index (χ1v) is 10.0. The van der Waals surface area contributed by atoms with Gasteiger partial charge in [-0.2, -0.15) is 0 Å². The van der Waals surface area contributed by atoms with Crippen LogP contribution < -0.4 is 10.6 Å². The van der Waals surface area contributed by atoms with Crippen molar-refractivity contribution in [2.45, 2.75) is 23.7 Å². The van der Waals surface area contributed by atoms with Gasteiger partial charge in [0.2, 0.25) is 11.0 Å². The van der Waals surface area contributed by atoms with Gasteiger partial charge in [0.15, 0.2) is 4.34 Å². The molecule has 0 radical (unpaired) electrons. The molecule has 2 N–H and O–H groups in total. The van der Waals surface area contributed by atoms with Crippen molar-refractivity contribution >= 4 is 34.1 Å². The number of amides is 1. The highest BCUT2D eigenvalue weighted by Crippen LogP contribution is 2.25. The normalized spacial score (nSPS) is 11.9. The van der Waals surface area contributed by atoms with Crippen molar-refractivity contribution < 1.29 is 9.21 Å². The third-order valence-electron chi connectivity index (χ3n) is 3.70. The van der Waals surface area contributed by atoms with Gasteiger partial charge in [0, 0.05) is 6.54 Å². The lowest BCUT2D eigenvalue weighted by atomic mass is 10.0. The summed E-state index contributed by atoms with van der Waals surface area (Å²) in [5.41, 5.74) is 1.22. The molecule has 0 saturated carbocycles. The van der Waals surface area contributed by atoms with Gasteiger partial charge < -0.3 is 15.1 Å². The van der Waals surface area contributed by atoms with Crippen LogP contribution in [0.1, 0.15) is 24.2 Å². The first-order chi connectivity index (χ1) is 12.7. The highest BCUT2D eigenvalue weighted by Gasteiger charge is 2.10. The maximum absolute atomic E-state index is 12.0. The zero-order valence-electron chi connectivity index (χ0n) is 14.3. The molecule has 0 aliphatic rings. The average molecular weight is 389 g/mol. The van der Waals surface area contributed by atoms with E-state index in [1.807, 2.05) is 30.3 Å². The molecule has 1 atom stereocenters. The summed E-state index contributed by atoms with van der Waals surface area (Å²) in [5.74, 6) is 1.44. The van der Waals surface area contributed by atoms with Crippen molar-refractivity contribution in [3.63, 3.8) is 0 Å². The van der Waals surface area contributed by atoms with Crippen molar-refractivity contribution in [1.82, 2.24) is 15.5 Å². The number of anilines is 1. The van der Waals surface area contributed by atoms with Crippen molar-refractivity contribution in [3.8, 4) is 0 Å². The Hall–Kier alpha value is -2.32. The van der Waals surface area contributed by atoms with Crippen molar-refractivity contribution in [3.05, 3.63) is 60.1 Å². The number of thioether (sulfide) groups is 1. The second-order valence-electron chi connectivity index (χ2n) is 5.71. The predicted octanol–water partition coefficient (Wildman–Crippen LogP) is 3.76. The zero-order chi connectivity index (χ0) is 18.2. The van der Waals surface area contributed by atoms with E-state index in [-0.39, 0.29) is 11.8 Å². The lowest BCUT2D eigenvalue weighted by Crippen LogP contribution is -2.28. The summed E-state index contributed by atoms with van der Waals surface area (Å²) in [6.45, 7) is 3.28. The Bertz CT molecular complexity index is 806. The van der Waals surface area contributed by atoms with Gasteiger partial charge >= 0.3 is 0 Å². The second kappa shape index (κ2) is 9.40. The Labute approximate surface area is 160 Å². The zero-order valence-corrected chi connectivity index (χ0v) is 16.0. The highest BCUT2D eigenvalue weighted by molar-refractivity contribution is 8.01. The predicted molar refractivity (Wildman–Crippen MR) is 105 cm³/mol. The second-order valence-corrected chi connectivity index (χ2v) is 7.91. The summed E-state index contributed by atoms with van der Waals surface area (Å²) in [4.78, 5) is 12.0. The van der Waals surface area contributed by atoms with Crippen LogP contribution in [-0.2, 0) is 11.3 Å². The number of carbonyl (C=O) groups excluding carboxylic acids is 1. The molecule has 136 valence electrons. The molecular formula is C18H20N4O2S2. The molecule has 2 heterocycles. The molecule has 0 fully saturated rings. The van der Waals surface area contributed by atoms with Crippen LogP contribution in [0.3, 0.4) is 0 Å². The van der Waals surface area contributed by atoms with E-state index in [4.69, 9.17) is 4.42 Å². The third kappa shape index (κ3) is 5.60. The summed E-state index contributed by atoms with van der Waals surface area (Å²) >= 11 is 2.82. The van der Waals surface area contributed by atoms with Gasteiger partial charge in [-0.25, -0.2) is 0 Å². The summed E-state index contributed by atoms with van der Waals surface area (Å²) in [6.07, 6.45) is 1.63. The molecule has 1 aromatic carbocycles. The Kier molecular flexibility index (Phi) is 6.68. The van der Waals surface area contributed by atoms with Crippen LogP contribution in [0.15, 0.2) is 57.5 Å². The van der Waals surface area contributed by atoms with Crippen LogP contribution in [0.5, 0.6) is 0 Å². The van der Waals surface area contributed by atoms with E-state index in [0.717, 1.165) is 10.1 Å². The number of furan rings is 1. The standard InChI is InChI=1S/C18H20N4O2S2/c1-13(14-6-3-2-4-7-14)10-19-16(23)12-25-18-22-21-17(26-18)20-11-15-8-5-9-24-15/h2-9,13H,10-12H2,1H3,(H,19,23)(H,20,21)/t13-/m1/s1. The first kappa shape index (κ1) is 18.5. The number of hydrogen-bond acceptors (Lipinski definition) is 7. The van der Waals surface area contributed by atoms with Crippen LogP contribution in [-0.4, -0.2) is 28.4 Å². The quantitative estimate of drug-likeness (QED) is 0.544. The summed E-state index contributed by atoms with van der Waals surface area (Å²) in [5, 5.41) is 15.0. The molecule has 3 rings (SSSR count). The van der Waals surface area contributed by atoms with E-state index in [1.165, 1.54) is 28.7 Å². The smallest absolute Gasteiger partial charge is 0.230 e. The molecule has 0 aliphatic heterocycles. The Morgan fingerprint density at radius 2 is 2.08 bits per heavy atom. The monoisotopic (exact) mass is 388 g/mol. The number of rotatable bonds is 9. The third-order valence-corrected chi connectivity index (χ3v) is 5.72. The van der Waals surface area contributed by atoms with Crippen LogP contribution in [0.25, 0.3) is 0 Å². The average Bonchev–Trinajstić information content (AvgIpc) is 3.35. The number of aromatic nitrogens is 2. The Morgan fingerprint density at radius 3 is 2.85 bits per heavy atom. The van der Waals surface area contributed by atoms with Crippen LogP contribution in [0.2, 0.25) is 0 Å². The van der Waals surface area contributed by atoms with Gasteiger partial charge in [-0.15, -0.1) is 10.2 Å². The highest BCUT2D eigenvalue weighted by atomic mass is 32.2. The molecule has 1 amide bonds. The molecule has 0 spiro atoms. The Balaban J connectivity index is 1.38. The van der Waals surface area contributed by atoms with Gasteiger partial charge in [-0.1, -0.05) is 60.4 Å². The Morgan fingerprint density at radius 1 is 1.23 bits per heavy atom. The number of hydrogen-bond donors (Lipinski definition) is 2. The fraction of sp³-hybridized carbons (Fsp3) is 0.278. The van der Waals surface area contributed by atoms with Gasteiger partial charge in [-0.05, 0) is 23.6 Å². The largest absolute Gasteiger partial charge is 0.467 e. The first-order valence-electron chi connectivity index (χ1n) is 8.25. The number of carbonyl (C=O) groups is 1. The van der Waals surface area contributed by atoms with Crippen LogP contribution >= 0.6 is 23.1 Å². The van der Waals surface area contributed by atoms with Gasteiger partial charge in [0.1, 0.15) is 5.76 Å². The SMILES string of the molecule is C[C@H](CNC(=O)CSc1nnc(NCc2ccco2)s1)c1ccccc1. The van der Waals surface area contributed by atoms with E-state index in [1.54, 1.807) is 6.26 Å². The van der Waals surface area contributed by atoms with E-state index in [0.29, 0.717) is 24.0 Å². The van der Waals surface area contributed by atoms with Crippen molar-refractivity contribution in [2.24, 2.45) is 0 Å². The molecule has 2 aromatic heterocycles. The number of nitrogens with one attached hydrogen (secondary N) is 2. The van der Waals surface area contributed by atoms with E-state index >= 15 is 0 Å². The molecular weight excluding hydrogens is 368 g/mol. The van der Waals surface area contributed by atoms with E-state index < -0.39 is 0 Å². The van der Waals surface area contributed by atoms with Crippen LogP contribution in [0, 0.1) is 0 Å². The topological polar surface area (TPSA) is 80.0 Å². The molecule has 0 bridgehead atoms. The summed E-state index contributed by atoms with van der Waals surface area (Å²) < 4.78 is 6.02. The fourth-order valence-electron chi connectivity index (χ4n) is 2.26. The van der Waals surface area contributed by atoms with E-state index in [9.17, 15) is 4.79 Å². The van der Waals surface area contributed by atoms with E-state index in [2.05, 4.69) is 39.9 Å². The minimum atomic E-state index is -0.00178. The molecule has 8 heteroatoms. The van der Waals surface area contributed by atoms with Gasteiger partial charge in [-0.3, -0.25) is 4.79 Å². The minimum absolute atomic E-state index is 0.00178. The summed E-state index contributed by atoms with van der Waals surface area (Å²) in [7, 11) is 0. The molecule has 6 nitrogen and oxygen atoms in total. The minimum Gasteiger partial charge on any atom is -0.467 e. The maximum atomic E-state index is 12.0. The molecule has 3 aromatic rings. The summed E-state index contributed by atoms with van der Waals surface area (Å²) in [6, 6.07) is 13.9. The molecule has 0 unspecified atom stereocenters. The van der Waals surface area contributed by atoms with Crippen LogP contribution in [0.4, 0.5) is 5.13 Å². The van der Waals surface area contributed by atoms with Gasteiger partial charge in [0.25, 0.3) is 0 Å². The fourth-order valence-corrected chi connectivity index (χ4v) is 3.84. The molecule has 0 saturated heterocycles. The molecule has 0 aliphatic carbocycles. The lowest BCUT2D eigenvalue weighted by molar-refractivity contribution is -0.118. The van der Waals surface area contributed by atoms with Gasteiger partial charge in [0.05, 0.1) is 18.6 Å². The number of nitrogens with zero attached hydrogens (tertiary/aromatic N) is 2. The van der Waals surface area contributed by atoms with Crippen molar-refractivity contribution in [2.75, 3.05) is 17.6 Å². The lowest BCUT2D eigenvalue weighted by Gasteiger charge is -2.12. The number of benzene rings is 1. The van der Waals surface area contributed by atoms with Crippen molar-refractivity contribution in [1.29, 1.82) is 0 Å². The molecule has 26 heavy (non-hydrogen) atoms.